The second-order valence-corrected chi connectivity index (χ2v) is 10.8. The number of thioether (sulfide) groups is 1. The first-order valence-corrected chi connectivity index (χ1v) is 13.6. The molecule has 2 unspecified atom stereocenters. The quantitative estimate of drug-likeness (QED) is 0.243. The number of fused-ring (bicyclic) bond motifs is 1. The molecule has 3 heterocycles. The molecular weight excluding hydrogens is 585 g/mol. The van der Waals surface area contributed by atoms with Gasteiger partial charge < -0.3 is 21.3 Å². The van der Waals surface area contributed by atoms with Gasteiger partial charge in [-0.3, -0.25) is 14.5 Å². The molecule has 5 N–H and O–H groups in total. The van der Waals surface area contributed by atoms with Gasteiger partial charge in [0.05, 0.1) is 11.3 Å². The van der Waals surface area contributed by atoms with Crippen LogP contribution in [0.3, 0.4) is 0 Å². The van der Waals surface area contributed by atoms with Gasteiger partial charge in [-0.1, -0.05) is 48.5 Å². The summed E-state index contributed by atoms with van der Waals surface area (Å²) in [5, 5.41) is 20.1. The van der Waals surface area contributed by atoms with Gasteiger partial charge in [-0.2, -0.15) is 13.2 Å². The first-order valence-electron chi connectivity index (χ1n) is 11.7. The number of nitrogen functional groups attached to an aromatic ring is 1. The molecule has 2 aromatic carbocycles. The largest absolute Gasteiger partial charge is 0.490 e. The van der Waals surface area contributed by atoms with Crippen LogP contribution in [-0.4, -0.2) is 67.2 Å². The van der Waals surface area contributed by atoms with Gasteiger partial charge in [0.25, 0.3) is 5.91 Å². The molecule has 1 aromatic heterocycles. The number of carboxylic acid groups (broad SMARTS) is 2. The summed E-state index contributed by atoms with van der Waals surface area (Å²) in [4.78, 5) is 53.0. The number of nitrogens with zero attached hydrogens (tertiary/aromatic N) is 2. The van der Waals surface area contributed by atoms with Crippen molar-refractivity contribution in [3.63, 3.8) is 0 Å². The van der Waals surface area contributed by atoms with Gasteiger partial charge in [-0.05, 0) is 11.6 Å². The maximum atomic E-state index is 12.9. The Morgan fingerprint density at radius 1 is 1.07 bits per heavy atom. The van der Waals surface area contributed by atoms with Crippen LogP contribution >= 0.6 is 23.1 Å². The number of alkyl halides is 3. The predicted octanol–water partition coefficient (Wildman–Crippen LogP) is 3.46. The minimum atomic E-state index is -5.08. The third-order valence-electron chi connectivity index (χ3n) is 5.96. The van der Waals surface area contributed by atoms with Crippen LogP contribution in [0.5, 0.6) is 0 Å². The van der Waals surface area contributed by atoms with Crippen molar-refractivity contribution in [2.45, 2.75) is 24.0 Å². The molecule has 1 fully saturated rings. The van der Waals surface area contributed by atoms with E-state index in [9.17, 15) is 32.7 Å². The summed E-state index contributed by atoms with van der Waals surface area (Å²) in [5.41, 5.74) is 8.54. The number of para-hydroxylation sites is 1. The van der Waals surface area contributed by atoms with E-state index in [-0.39, 0.29) is 18.0 Å². The van der Waals surface area contributed by atoms with Crippen LogP contribution in [0.2, 0.25) is 0 Å². The third kappa shape index (κ3) is 6.52. The highest BCUT2D eigenvalue weighted by molar-refractivity contribution is 8.00. The van der Waals surface area contributed by atoms with Crippen LogP contribution in [0.1, 0.15) is 10.4 Å². The van der Waals surface area contributed by atoms with E-state index >= 15 is 0 Å². The van der Waals surface area contributed by atoms with Crippen LogP contribution in [0.25, 0.3) is 16.1 Å². The Morgan fingerprint density at radius 2 is 1.71 bits per heavy atom. The number of benzene rings is 2. The summed E-state index contributed by atoms with van der Waals surface area (Å²) in [6.07, 6.45) is -3.39. The first-order chi connectivity index (χ1) is 19.4. The van der Waals surface area contributed by atoms with Crippen molar-refractivity contribution in [1.82, 2.24) is 15.2 Å². The van der Waals surface area contributed by atoms with E-state index in [1.807, 2.05) is 30.3 Å². The minimum absolute atomic E-state index is 0.0455. The number of hydrogen-bond donors (Lipinski definition) is 4. The predicted molar refractivity (Wildman–Crippen MR) is 145 cm³/mol. The molecule has 0 radical (unpaired) electrons. The fraction of sp³-hybridized carbons (Fsp3) is 0.192. The number of thiazole rings is 1. The second-order valence-electron chi connectivity index (χ2n) is 8.66. The second kappa shape index (κ2) is 12.0. The topological polar surface area (TPSA) is 163 Å². The average Bonchev–Trinajstić information content (AvgIpc) is 3.42. The SMILES string of the molecule is Nc1ccccc1CC(=O)NC1C(=O)N2C(C(=O)O)=C(c3cnc(-c4ccccc4)s3)CSC12.O=C(O)C(F)(F)F. The van der Waals surface area contributed by atoms with E-state index in [0.717, 1.165) is 10.6 Å². The summed E-state index contributed by atoms with van der Waals surface area (Å²) < 4.78 is 31.7. The zero-order chi connectivity index (χ0) is 29.9. The zero-order valence-corrected chi connectivity index (χ0v) is 22.4. The molecular formula is C26H21F3N4O6S2. The number of nitrogens with two attached hydrogens (primary N) is 1. The lowest BCUT2D eigenvalue weighted by Gasteiger charge is -2.49. The number of hydrogen-bond acceptors (Lipinski definition) is 8. The van der Waals surface area contributed by atoms with Crippen LogP contribution in [0.4, 0.5) is 18.9 Å². The van der Waals surface area contributed by atoms with E-state index < -0.39 is 35.4 Å². The monoisotopic (exact) mass is 606 g/mol. The van der Waals surface area contributed by atoms with Crippen molar-refractivity contribution in [2.24, 2.45) is 0 Å². The number of amides is 2. The van der Waals surface area contributed by atoms with Crippen molar-refractivity contribution in [3.05, 3.63) is 76.9 Å². The molecule has 2 amide bonds. The molecule has 2 aliphatic rings. The first kappa shape index (κ1) is 29.6. The molecule has 2 atom stereocenters. The summed E-state index contributed by atoms with van der Waals surface area (Å²) in [6, 6.07) is 15.9. The number of aliphatic carboxylic acids is 2. The number of β-lactam (4-membered cyclic amide) rings is 1. The van der Waals surface area contributed by atoms with E-state index in [4.69, 9.17) is 15.6 Å². The number of halogens is 3. The van der Waals surface area contributed by atoms with Gasteiger partial charge >= 0.3 is 18.1 Å². The van der Waals surface area contributed by atoms with Crippen molar-refractivity contribution < 1.29 is 42.6 Å². The van der Waals surface area contributed by atoms with Crippen molar-refractivity contribution in [2.75, 3.05) is 11.5 Å². The van der Waals surface area contributed by atoms with Gasteiger partial charge in [0, 0.05) is 28.8 Å². The Labute approximate surface area is 238 Å². The average molecular weight is 607 g/mol. The lowest BCUT2D eigenvalue weighted by atomic mass is 10.0. The fourth-order valence-corrected chi connectivity index (χ4v) is 6.45. The van der Waals surface area contributed by atoms with E-state index in [1.165, 1.54) is 28.0 Å². The Kier molecular flexibility index (Phi) is 8.68. The maximum absolute atomic E-state index is 12.9. The number of carbonyl (C=O) groups excluding carboxylic acids is 2. The number of carboxylic acids is 2. The van der Waals surface area contributed by atoms with Gasteiger partial charge in [-0.25, -0.2) is 14.6 Å². The molecule has 1 saturated heterocycles. The maximum Gasteiger partial charge on any atom is 0.490 e. The molecule has 3 aromatic rings. The Balaban J connectivity index is 0.000000493. The minimum Gasteiger partial charge on any atom is -0.477 e. The van der Waals surface area contributed by atoms with Crippen molar-refractivity contribution >= 4 is 58.1 Å². The Hall–Kier alpha value is -4.37. The molecule has 5 rings (SSSR count). The van der Waals surface area contributed by atoms with Crippen molar-refractivity contribution in [1.29, 1.82) is 0 Å². The van der Waals surface area contributed by atoms with E-state index in [2.05, 4.69) is 10.3 Å². The van der Waals surface area contributed by atoms with Crippen LogP contribution in [-0.2, 0) is 25.6 Å². The molecule has 0 saturated carbocycles. The number of nitrogens with one attached hydrogen (secondary N) is 1. The lowest BCUT2D eigenvalue weighted by molar-refractivity contribution is -0.192. The van der Waals surface area contributed by atoms with E-state index in [0.29, 0.717) is 27.5 Å². The molecule has 214 valence electrons. The molecule has 15 heteroatoms. The van der Waals surface area contributed by atoms with Crippen molar-refractivity contribution in [3.8, 4) is 10.6 Å². The molecule has 0 bridgehead atoms. The van der Waals surface area contributed by atoms with Crippen LogP contribution < -0.4 is 11.1 Å². The Bertz CT molecular complexity index is 1530. The van der Waals surface area contributed by atoms with Gasteiger partial charge in [0.15, 0.2) is 0 Å². The summed E-state index contributed by atoms with van der Waals surface area (Å²) in [6.45, 7) is 0. The highest BCUT2D eigenvalue weighted by atomic mass is 32.2. The molecule has 0 aliphatic carbocycles. The normalized spacial score (nSPS) is 18.0. The number of anilines is 1. The number of carbonyl (C=O) groups is 4. The standard InChI is InChI=1S/C24H20N4O4S2.C2HF3O2/c25-16-9-5-4-8-14(16)10-18(29)27-19-22(30)28-20(24(31)32)15(12-33-23(19)28)17-11-26-21(34-17)13-6-2-1-3-7-13;3-2(4,5)1(6)7/h1-9,11,19,23H,10,12,25H2,(H,27,29)(H,31,32);(H,6,7). The Morgan fingerprint density at radius 3 is 2.32 bits per heavy atom. The fourth-order valence-electron chi connectivity index (χ4n) is 4.03. The van der Waals surface area contributed by atoms with Gasteiger partial charge in [0.2, 0.25) is 5.91 Å². The van der Waals surface area contributed by atoms with Gasteiger partial charge in [0.1, 0.15) is 22.1 Å². The smallest absolute Gasteiger partial charge is 0.477 e. The van der Waals surface area contributed by atoms with Crippen LogP contribution in [0.15, 0.2) is 66.5 Å². The van der Waals surface area contributed by atoms with Gasteiger partial charge in [-0.15, -0.1) is 23.1 Å². The number of aromatic nitrogens is 1. The zero-order valence-electron chi connectivity index (χ0n) is 20.8. The molecule has 2 aliphatic heterocycles. The summed E-state index contributed by atoms with van der Waals surface area (Å²) >= 11 is 2.82. The van der Waals surface area contributed by atoms with Crippen LogP contribution in [0, 0.1) is 0 Å². The lowest BCUT2D eigenvalue weighted by Crippen LogP contribution is -2.70. The molecule has 10 nitrogen and oxygen atoms in total. The summed E-state index contributed by atoms with van der Waals surface area (Å²) in [5.74, 6) is -4.31. The highest BCUT2D eigenvalue weighted by Gasteiger charge is 2.54. The van der Waals surface area contributed by atoms with E-state index in [1.54, 1.807) is 30.5 Å². The molecule has 41 heavy (non-hydrogen) atoms. The number of rotatable bonds is 6. The highest BCUT2D eigenvalue weighted by Crippen LogP contribution is 2.45. The summed E-state index contributed by atoms with van der Waals surface area (Å²) in [7, 11) is 0. The third-order valence-corrected chi connectivity index (χ3v) is 8.35. The molecule has 0 spiro atoms.